The molecule has 2 atom stereocenters. The van der Waals surface area contributed by atoms with Crippen molar-refractivity contribution in [3.05, 3.63) is 17.0 Å². The minimum atomic E-state index is 0.553. The fourth-order valence-electron chi connectivity index (χ4n) is 3.02. The van der Waals surface area contributed by atoms with Crippen LogP contribution < -0.4 is 5.32 Å². The van der Waals surface area contributed by atoms with Crippen LogP contribution in [-0.4, -0.2) is 40.0 Å². The topological polar surface area (TPSA) is 41.0 Å². The number of hydrogen-bond acceptors (Lipinski definition) is 4. The van der Waals surface area contributed by atoms with E-state index in [9.17, 15) is 0 Å². The minimum Gasteiger partial charge on any atom is -0.366 e. The van der Waals surface area contributed by atoms with Gasteiger partial charge in [-0.2, -0.15) is 0 Å². The minimum absolute atomic E-state index is 0.553. The molecule has 0 saturated carbocycles. The molecular formula is C12H17BrN4. The third-order valence-corrected chi connectivity index (χ3v) is 4.26. The van der Waals surface area contributed by atoms with Crippen LogP contribution in [0.2, 0.25) is 0 Å². The molecule has 0 bridgehead atoms. The van der Waals surface area contributed by atoms with Crippen LogP contribution in [0, 0.1) is 0 Å². The molecule has 0 spiro atoms. The number of hydrogen-bond donors (Lipinski definition) is 1. The molecule has 17 heavy (non-hydrogen) atoms. The number of halogens is 1. The summed E-state index contributed by atoms with van der Waals surface area (Å²) >= 11 is 3.38. The van der Waals surface area contributed by atoms with Gasteiger partial charge in [0.25, 0.3) is 0 Å². The highest BCUT2D eigenvalue weighted by Crippen LogP contribution is 2.29. The number of anilines is 1. The van der Waals surface area contributed by atoms with Gasteiger partial charge in [-0.3, -0.25) is 4.90 Å². The zero-order valence-electron chi connectivity index (χ0n) is 9.77. The predicted molar refractivity (Wildman–Crippen MR) is 71.0 cm³/mol. The van der Waals surface area contributed by atoms with E-state index in [0.717, 1.165) is 10.4 Å². The van der Waals surface area contributed by atoms with Crippen LogP contribution in [0.5, 0.6) is 0 Å². The molecule has 1 aromatic rings. The van der Waals surface area contributed by atoms with Crippen molar-refractivity contribution < 1.29 is 0 Å². The molecule has 92 valence electrons. The van der Waals surface area contributed by atoms with Gasteiger partial charge < -0.3 is 5.32 Å². The maximum Gasteiger partial charge on any atom is 0.130 e. The Morgan fingerprint density at radius 2 is 2.18 bits per heavy atom. The van der Waals surface area contributed by atoms with Crippen molar-refractivity contribution in [1.29, 1.82) is 0 Å². The molecule has 0 aromatic carbocycles. The molecule has 5 heteroatoms. The number of rotatable bonds is 2. The lowest BCUT2D eigenvalue weighted by atomic mass is 9.99. The van der Waals surface area contributed by atoms with Gasteiger partial charge in [0.05, 0.1) is 0 Å². The Bertz CT molecular complexity index is 398. The van der Waals surface area contributed by atoms with E-state index in [0.29, 0.717) is 12.1 Å². The Morgan fingerprint density at radius 1 is 1.24 bits per heavy atom. The first-order valence-corrected chi connectivity index (χ1v) is 7.10. The highest BCUT2D eigenvalue weighted by Gasteiger charge is 2.35. The molecule has 2 unspecified atom stereocenters. The first kappa shape index (κ1) is 11.4. The normalized spacial score (nSPS) is 29.0. The quantitative estimate of drug-likeness (QED) is 0.850. The third kappa shape index (κ3) is 2.45. The van der Waals surface area contributed by atoms with Crippen molar-refractivity contribution in [1.82, 2.24) is 14.9 Å². The van der Waals surface area contributed by atoms with E-state index in [-0.39, 0.29) is 0 Å². The summed E-state index contributed by atoms with van der Waals surface area (Å²) in [5.41, 5.74) is 0. The maximum atomic E-state index is 4.27. The van der Waals surface area contributed by atoms with Gasteiger partial charge in [-0.1, -0.05) is 6.42 Å². The van der Waals surface area contributed by atoms with E-state index >= 15 is 0 Å². The van der Waals surface area contributed by atoms with E-state index in [1.54, 1.807) is 6.33 Å². The molecule has 0 amide bonds. The van der Waals surface area contributed by atoms with Crippen molar-refractivity contribution in [2.45, 2.75) is 37.8 Å². The first-order chi connectivity index (χ1) is 8.33. The van der Waals surface area contributed by atoms with Crippen molar-refractivity contribution in [3.8, 4) is 0 Å². The second-order valence-corrected chi connectivity index (χ2v) is 5.68. The number of fused-ring (bicyclic) bond motifs is 1. The molecule has 0 radical (unpaired) electrons. The van der Waals surface area contributed by atoms with Crippen molar-refractivity contribution in [2.75, 3.05) is 18.4 Å². The molecule has 2 aliphatic rings. The summed E-state index contributed by atoms with van der Waals surface area (Å²) < 4.78 is 0.841. The lowest BCUT2D eigenvalue weighted by molar-refractivity contribution is 0.192. The van der Waals surface area contributed by atoms with E-state index in [1.165, 1.54) is 38.8 Å². The van der Waals surface area contributed by atoms with E-state index in [1.807, 2.05) is 6.07 Å². The zero-order valence-corrected chi connectivity index (χ0v) is 11.4. The zero-order chi connectivity index (χ0) is 11.7. The van der Waals surface area contributed by atoms with Crippen LogP contribution in [0.4, 0.5) is 5.82 Å². The Kier molecular flexibility index (Phi) is 3.29. The standard InChI is InChI=1S/C12H17BrN4/c13-11-7-12(15-8-14-11)16-9-4-6-17-5-2-1-3-10(9)17/h7-10H,1-6H2,(H,14,15,16). The fourth-order valence-corrected chi connectivity index (χ4v) is 3.33. The second-order valence-electron chi connectivity index (χ2n) is 4.86. The Morgan fingerprint density at radius 3 is 3.06 bits per heavy atom. The molecule has 3 heterocycles. The van der Waals surface area contributed by atoms with E-state index < -0.39 is 0 Å². The van der Waals surface area contributed by atoms with Gasteiger partial charge in [0.1, 0.15) is 16.7 Å². The second kappa shape index (κ2) is 4.90. The Labute approximate surface area is 110 Å². The van der Waals surface area contributed by atoms with Crippen molar-refractivity contribution in [3.63, 3.8) is 0 Å². The summed E-state index contributed by atoms with van der Waals surface area (Å²) in [5, 5.41) is 3.56. The maximum absolute atomic E-state index is 4.27. The fraction of sp³-hybridized carbons (Fsp3) is 0.667. The number of nitrogens with one attached hydrogen (secondary N) is 1. The molecule has 3 rings (SSSR count). The molecule has 1 aromatic heterocycles. The van der Waals surface area contributed by atoms with Gasteiger partial charge in [-0.15, -0.1) is 0 Å². The number of aromatic nitrogens is 2. The Balaban J connectivity index is 1.69. The largest absolute Gasteiger partial charge is 0.366 e. The van der Waals surface area contributed by atoms with Gasteiger partial charge in [-0.05, 0) is 41.7 Å². The molecule has 2 fully saturated rings. The van der Waals surface area contributed by atoms with Crippen LogP contribution in [-0.2, 0) is 0 Å². The molecular weight excluding hydrogens is 280 g/mol. The molecule has 0 aliphatic carbocycles. The van der Waals surface area contributed by atoms with E-state index in [2.05, 4.69) is 36.1 Å². The van der Waals surface area contributed by atoms with Gasteiger partial charge in [0.2, 0.25) is 0 Å². The molecule has 1 N–H and O–H groups in total. The van der Waals surface area contributed by atoms with Crippen molar-refractivity contribution >= 4 is 21.7 Å². The first-order valence-electron chi connectivity index (χ1n) is 6.31. The monoisotopic (exact) mass is 296 g/mol. The number of piperidine rings is 1. The molecule has 2 saturated heterocycles. The smallest absolute Gasteiger partial charge is 0.130 e. The van der Waals surface area contributed by atoms with Gasteiger partial charge in [0.15, 0.2) is 0 Å². The lowest BCUT2D eigenvalue weighted by Crippen LogP contribution is -2.41. The van der Waals surface area contributed by atoms with Crippen LogP contribution in [0.15, 0.2) is 17.0 Å². The van der Waals surface area contributed by atoms with Crippen LogP contribution >= 0.6 is 15.9 Å². The summed E-state index contributed by atoms with van der Waals surface area (Å²) in [6.07, 6.45) is 6.88. The Hall–Kier alpha value is -0.680. The van der Waals surface area contributed by atoms with Crippen LogP contribution in [0.3, 0.4) is 0 Å². The average molecular weight is 297 g/mol. The van der Waals surface area contributed by atoms with Gasteiger partial charge >= 0.3 is 0 Å². The summed E-state index contributed by atoms with van der Waals surface area (Å²) in [7, 11) is 0. The summed E-state index contributed by atoms with van der Waals surface area (Å²) in [6, 6.07) is 3.21. The van der Waals surface area contributed by atoms with Crippen LogP contribution in [0.1, 0.15) is 25.7 Å². The predicted octanol–water partition coefficient (Wildman–Crippen LogP) is 2.28. The highest BCUT2D eigenvalue weighted by atomic mass is 79.9. The summed E-state index contributed by atoms with van der Waals surface area (Å²) in [5.74, 6) is 0.935. The molecule has 4 nitrogen and oxygen atoms in total. The van der Waals surface area contributed by atoms with E-state index in [4.69, 9.17) is 0 Å². The molecule has 2 aliphatic heterocycles. The highest BCUT2D eigenvalue weighted by molar-refractivity contribution is 9.10. The van der Waals surface area contributed by atoms with Gasteiger partial charge in [0, 0.05) is 24.7 Å². The van der Waals surface area contributed by atoms with Gasteiger partial charge in [-0.25, -0.2) is 9.97 Å². The summed E-state index contributed by atoms with van der Waals surface area (Å²) in [6.45, 7) is 2.50. The summed E-state index contributed by atoms with van der Waals surface area (Å²) in [4.78, 5) is 10.9. The average Bonchev–Trinajstić information content (AvgIpc) is 2.73. The number of nitrogens with zero attached hydrogens (tertiary/aromatic N) is 3. The lowest BCUT2D eigenvalue weighted by Gasteiger charge is -2.32. The van der Waals surface area contributed by atoms with Crippen LogP contribution in [0.25, 0.3) is 0 Å². The third-order valence-electron chi connectivity index (χ3n) is 3.82. The van der Waals surface area contributed by atoms with Crippen molar-refractivity contribution in [2.24, 2.45) is 0 Å². The SMILES string of the molecule is Brc1cc(NC2CCN3CCCCC23)ncn1.